The first-order valence-corrected chi connectivity index (χ1v) is 6.29. The second kappa shape index (κ2) is 5.50. The van der Waals surface area contributed by atoms with Gasteiger partial charge in [-0.25, -0.2) is 0 Å². The van der Waals surface area contributed by atoms with E-state index in [1.807, 2.05) is 19.3 Å². The van der Waals surface area contributed by atoms with Crippen molar-refractivity contribution in [3.05, 3.63) is 40.1 Å². The number of aryl methyl sites for hydroxylation is 1. The molecule has 1 aromatic heterocycles. The minimum absolute atomic E-state index is 0.529. The standard InChI is InChI=1S/C12H14Cl2N4/c1-18-5-3-9(17-18)2-4-16-12-10(13)6-8(15)7-11(12)14/h3,5-7,16H,2,4,15H2,1H3. The van der Waals surface area contributed by atoms with Gasteiger partial charge in [0.05, 0.1) is 21.4 Å². The highest BCUT2D eigenvalue weighted by molar-refractivity contribution is 6.39. The first-order valence-electron chi connectivity index (χ1n) is 5.53. The largest absolute Gasteiger partial charge is 0.399 e. The van der Waals surface area contributed by atoms with Crippen molar-refractivity contribution in [2.24, 2.45) is 7.05 Å². The fourth-order valence-corrected chi connectivity index (χ4v) is 2.31. The summed E-state index contributed by atoms with van der Waals surface area (Å²) in [5.74, 6) is 0. The van der Waals surface area contributed by atoms with Crippen LogP contribution in [0.1, 0.15) is 5.69 Å². The molecular formula is C12H14Cl2N4. The number of rotatable bonds is 4. The third kappa shape index (κ3) is 3.09. The van der Waals surface area contributed by atoms with Gasteiger partial charge in [-0.15, -0.1) is 0 Å². The second-order valence-corrected chi connectivity index (χ2v) is 4.83. The smallest absolute Gasteiger partial charge is 0.0720 e. The number of anilines is 2. The second-order valence-electron chi connectivity index (χ2n) is 4.02. The van der Waals surface area contributed by atoms with Crippen molar-refractivity contribution in [1.82, 2.24) is 9.78 Å². The van der Waals surface area contributed by atoms with Crippen LogP contribution in [0, 0.1) is 0 Å². The van der Waals surface area contributed by atoms with Gasteiger partial charge >= 0.3 is 0 Å². The Morgan fingerprint density at radius 2 is 2.00 bits per heavy atom. The van der Waals surface area contributed by atoms with Crippen LogP contribution in [0.4, 0.5) is 11.4 Å². The zero-order chi connectivity index (χ0) is 13.1. The van der Waals surface area contributed by atoms with Crippen LogP contribution in [-0.2, 0) is 13.5 Å². The number of halogens is 2. The SMILES string of the molecule is Cn1ccc(CCNc2c(Cl)cc(N)cc2Cl)n1. The first kappa shape index (κ1) is 13.1. The van der Waals surface area contributed by atoms with Crippen LogP contribution in [0.15, 0.2) is 24.4 Å². The number of nitrogens with zero attached hydrogens (tertiary/aromatic N) is 2. The summed E-state index contributed by atoms with van der Waals surface area (Å²) < 4.78 is 1.78. The summed E-state index contributed by atoms with van der Waals surface area (Å²) in [4.78, 5) is 0. The molecule has 6 heteroatoms. The molecule has 4 nitrogen and oxygen atoms in total. The highest BCUT2D eigenvalue weighted by atomic mass is 35.5. The number of nitrogens with two attached hydrogens (primary N) is 1. The molecule has 2 aromatic rings. The van der Waals surface area contributed by atoms with Gasteiger partial charge in [-0.2, -0.15) is 5.10 Å². The summed E-state index contributed by atoms with van der Waals surface area (Å²) in [7, 11) is 1.89. The molecule has 0 saturated heterocycles. The Labute approximate surface area is 116 Å². The van der Waals surface area contributed by atoms with E-state index in [0.717, 1.165) is 12.1 Å². The molecule has 1 aromatic carbocycles. The van der Waals surface area contributed by atoms with Crippen molar-refractivity contribution < 1.29 is 0 Å². The predicted molar refractivity (Wildman–Crippen MR) is 76.3 cm³/mol. The van der Waals surface area contributed by atoms with E-state index < -0.39 is 0 Å². The van der Waals surface area contributed by atoms with Gasteiger partial charge < -0.3 is 11.1 Å². The van der Waals surface area contributed by atoms with Crippen LogP contribution in [0.3, 0.4) is 0 Å². The Morgan fingerprint density at radius 1 is 1.33 bits per heavy atom. The molecule has 0 atom stereocenters. The molecule has 2 rings (SSSR count). The summed E-state index contributed by atoms with van der Waals surface area (Å²) in [5.41, 5.74) is 7.93. The Balaban J connectivity index is 1.98. The van der Waals surface area contributed by atoms with E-state index in [9.17, 15) is 0 Å². The van der Waals surface area contributed by atoms with Gasteiger partial charge in [-0.3, -0.25) is 4.68 Å². The van der Waals surface area contributed by atoms with E-state index in [0.29, 0.717) is 28.0 Å². The molecule has 3 N–H and O–H groups in total. The molecule has 0 saturated carbocycles. The van der Waals surface area contributed by atoms with Gasteiger partial charge in [0.1, 0.15) is 0 Å². The van der Waals surface area contributed by atoms with E-state index in [1.54, 1.807) is 16.8 Å². The highest BCUT2D eigenvalue weighted by Crippen LogP contribution is 2.32. The van der Waals surface area contributed by atoms with Gasteiger partial charge in [-0.05, 0) is 18.2 Å². The zero-order valence-electron chi connectivity index (χ0n) is 9.95. The molecule has 0 radical (unpaired) electrons. The van der Waals surface area contributed by atoms with Crippen LogP contribution < -0.4 is 11.1 Å². The number of nitrogens with one attached hydrogen (secondary N) is 1. The fourth-order valence-electron chi connectivity index (χ4n) is 1.67. The lowest BCUT2D eigenvalue weighted by Crippen LogP contribution is -2.07. The number of hydrogen-bond donors (Lipinski definition) is 2. The average molecular weight is 285 g/mol. The minimum Gasteiger partial charge on any atom is -0.399 e. The number of benzene rings is 1. The Bertz CT molecular complexity index is 528. The molecule has 0 aliphatic rings. The van der Waals surface area contributed by atoms with Crippen molar-refractivity contribution in [3.8, 4) is 0 Å². The van der Waals surface area contributed by atoms with E-state index >= 15 is 0 Å². The normalized spacial score (nSPS) is 10.6. The average Bonchev–Trinajstić information content (AvgIpc) is 2.68. The number of hydrogen-bond acceptors (Lipinski definition) is 3. The number of nitrogen functional groups attached to an aromatic ring is 1. The molecule has 0 spiro atoms. The molecule has 0 amide bonds. The number of aromatic nitrogens is 2. The van der Waals surface area contributed by atoms with Gasteiger partial charge in [0, 0.05) is 31.9 Å². The zero-order valence-corrected chi connectivity index (χ0v) is 11.5. The topological polar surface area (TPSA) is 55.9 Å². The van der Waals surface area contributed by atoms with Crippen LogP contribution in [-0.4, -0.2) is 16.3 Å². The molecule has 1 heterocycles. The molecular weight excluding hydrogens is 271 g/mol. The maximum absolute atomic E-state index is 6.07. The van der Waals surface area contributed by atoms with Gasteiger partial charge in [-0.1, -0.05) is 23.2 Å². The third-order valence-corrected chi connectivity index (χ3v) is 3.11. The Hall–Kier alpha value is -1.39. The minimum atomic E-state index is 0.529. The molecule has 18 heavy (non-hydrogen) atoms. The van der Waals surface area contributed by atoms with Crippen molar-refractivity contribution in [1.29, 1.82) is 0 Å². The molecule has 0 aliphatic heterocycles. The fraction of sp³-hybridized carbons (Fsp3) is 0.250. The van der Waals surface area contributed by atoms with Crippen molar-refractivity contribution in [2.45, 2.75) is 6.42 Å². The Kier molecular flexibility index (Phi) is 3.99. The van der Waals surface area contributed by atoms with Gasteiger partial charge in [0.2, 0.25) is 0 Å². The van der Waals surface area contributed by atoms with Crippen molar-refractivity contribution in [3.63, 3.8) is 0 Å². The maximum Gasteiger partial charge on any atom is 0.0720 e. The summed E-state index contributed by atoms with van der Waals surface area (Å²) in [6.07, 6.45) is 2.72. The van der Waals surface area contributed by atoms with Crippen molar-refractivity contribution in [2.75, 3.05) is 17.6 Å². The lowest BCUT2D eigenvalue weighted by Gasteiger charge is -2.10. The van der Waals surface area contributed by atoms with Gasteiger partial charge in [0.15, 0.2) is 0 Å². The third-order valence-electron chi connectivity index (χ3n) is 2.52. The predicted octanol–water partition coefficient (Wildman–Crippen LogP) is 2.96. The van der Waals surface area contributed by atoms with E-state index in [4.69, 9.17) is 28.9 Å². The lowest BCUT2D eigenvalue weighted by molar-refractivity contribution is 0.742. The molecule has 0 aliphatic carbocycles. The van der Waals surface area contributed by atoms with Crippen molar-refractivity contribution >= 4 is 34.6 Å². The van der Waals surface area contributed by atoms with Crippen LogP contribution >= 0.6 is 23.2 Å². The summed E-state index contributed by atoms with van der Waals surface area (Å²) >= 11 is 12.1. The summed E-state index contributed by atoms with van der Waals surface area (Å²) in [6, 6.07) is 5.33. The summed E-state index contributed by atoms with van der Waals surface area (Å²) in [6.45, 7) is 0.709. The van der Waals surface area contributed by atoms with Gasteiger partial charge in [0.25, 0.3) is 0 Å². The molecule has 96 valence electrons. The van der Waals surface area contributed by atoms with E-state index in [-0.39, 0.29) is 0 Å². The summed E-state index contributed by atoms with van der Waals surface area (Å²) in [5, 5.41) is 8.55. The van der Waals surface area contributed by atoms with Crippen LogP contribution in [0.25, 0.3) is 0 Å². The highest BCUT2D eigenvalue weighted by Gasteiger charge is 2.07. The quantitative estimate of drug-likeness (QED) is 0.849. The molecule has 0 bridgehead atoms. The maximum atomic E-state index is 6.07. The molecule has 0 fully saturated rings. The van der Waals surface area contributed by atoms with Crippen LogP contribution in [0.2, 0.25) is 10.0 Å². The first-order chi connectivity index (χ1) is 8.56. The molecule has 0 unspecified atom stereocenters. The lowest BCUT2D eigenvalue weighted by atomic mass is 10.2. The van der Waals surface area contributed by atoms with E-state index in [2.05, 4.69) is 10.4 Å². The van der Waals surface area contributed by atoms with Crippen LogP contribution in [0.5, 0.6) is 0 Å². The Morgan fingerprint density at radius 3 is 2.56 bits per heavy atom. The monoisotopic (exact) mass is 284 g/mol. The van der Waals surface area contributed by atoms with E-state index in [1.165, 1.54) is 0 Å².